The van der Waals surface area contributed by atoms with Crippen molar-refractivity contribution in [2.24, 2.45) is 0 Å². The molecule has 0 radical (unpaired) electrons. The van der Waals surface area contributed by atoms with Crippen molar-refractivity contribution in [1.82, 2.24) is 9.80 Å². The molecule has 1 fully saturated rings. The minimum atomic E-state index is -0.711. The van der Waals surface area contributed by atoms with E-state index in [2.05, 4.69) is 23.8 Å². The van der Waals surface area contributed by atoms with Gasteiger partial charge in [0.1, 0.15) is 0 Å². The molecule has 0 spiro atoms. The number of nitrogens with zero attached hydrogens (tertiary/aromatic N) is 2. The van der Waals surface area contributed by atoms with Crippen LogP contribution in [0.5, 0.6) is 0 Å². The van der Waals surface area contributed by atoms with Gasteiger partial charge >= 0.3 is 5.97 Å². The second kappa shape index (κ2) is 6.08. The lowest BCUT2D eigenvalue weighted by Gasteiger charge is -2.37. The number of rotatable bonds is 5. The Labute approximate surface area is 91.9 Å². The fourth-order valence-corrected chi connectivity index (χ4v) is 2.29. The number of aliphatic carboxylic acids is 1. The topological polar surface area (TPSA) is 43.8 Å². The first-order valence-electron chi connectivity index (χ1n) is 5.78. The molecule has 1 aliphatic rings. The highest BCUT2D eigenvalue weighted by Gasteiger charge is 2.24. The molecule has 4 nitrogen and oxygen atoms in total. The smallest absolute Gasteiger partial charge is 0.317 e. The van der Waals surface area contributed by atoms with Gasteiger partial charge in [-0.15, -0.1) is 0 Å². The van der Waals surface area contributed by atoms with Crippen LogP contribution in [0, 0.1) is 0 Å². The lowest BCUT2D eigenvalue weighted by atomic mass is 10.0. The fourth-order valence-electron chi connectivity index (χ4n) is 2.29. The summed E-state index contributed by atoms with van der Waals surface area (Å²) >= 11 is 0. The van der Waals surface area contributed by atoms with Crippen molar-refractivity contribution in [2.75, 3.05) is 33.2 Å². The quantitative estimate of drug-likeness (QED) is 0.738. The number of carbonyl (C=O) groups is 1. The summed E-state index contributed by atoms with van der Waals surface area (Å²) < 4.78 is 0. The van der Waals surface area contributed by atoms with E-state index < -0.39 is 5.97 Å². The highest BCUT2D eigenvalue weighted by atomic mass is 16.4. The van der Waals surface area contributed by atoms with E-state index in [0.717, 1.165) is 32.5 Å². The molecular weight excluding hydrogens is 192 g/mol. The third-order valence-corrected chi connectivity index (χ3v) is 2.97. The molecule has 1 aliphatic heterocycles. The van der Waals surface area contributed by atoms with E-state index in [-0.39, 0.29) is 6.54 Å². The molecule has 4 heteroatoms. The van der Waals surface area contributed by atoms with Crippen LogP contribution >= 0.6 is 0 Å². The summed E-state index contributed by atoms with van der Waals surface area (Å²) in [6.45, 7) is 5.33. The second-order valence-electron chi connectivity index (χ2n) is 4.42. The Morgan fingerprint density at radius 1 is 1.60 bits per heavy atom. The van der Waals surface area contributed by atoms with Crippen LogP contribution in [0.3, 0.4) is 0 Å². The van der Waals surface area contributed by atoms with Crippen LogP contribution < -0.4 is 0 Å². The summed E-state index contributed by atoms with van der Waals surface area (Å²) in [5.74, 6) is -0.711. The Bertz CT molecular complexity index is 209. The maximum atomic E-state index is 10.8. The minimum absolute atomic E-state index is 0.187. The molecule has 0 bridgehead atoms. The van der Waals surface area contributed by atoms with E-state index in [1.165, 1.54) is 6.42 Å². The molecule has 15 heavy (non-hydrogen) atoms. The predicted molar refractivity (Wildman–Crippen MR) is 60.0 cm³/mol. The molecule has 0 saturated carbocycles. The third kappa shape index (κ3) is 4.18. The van der Waals surface area contributed by atoms with Gasteiger partial charge < -0.3 is 10.0 Å². The third-order valence-electron chi connectivity index (χ3n) is 2.97. The molecule has 0 amide bonds. The largest absolute Gasteiger partial charge is 0.480 e. The summed E-state index contributed by atoms with van der Waals surface area (Å²) in [6.07, 6.45) is 3.34. The highest BCUT2D eigenvalue weighted by Crippen LogP contribution is 2.14. The Morgan fingerprint density at radius 3 is 2.87 bits per heavy atom. The van der Waals surface area contributed by atoms with Crippen LogP contribution in [0.15, 0.2) is 0 Å². The SMILES string of the molecule is CCCN(CC(=O)O)C1CCCN(C)C1. The lowest BCUT2D eigenvalue weighted by molar-refractivity contribution is -0.139. The molecule has 0 aliphatic carbocycles. The number of carboxylic acid groups (broad SMARTS) is 1. The van der Waals surface area contributed by atoms with Crippen molar-refractivity contribution in [1.29, 1.82) is 0 Å². The van der Waals surface area contributed by atoms with Crippen molar-refractivity contribution in [2.45, 2.75) is 32.2 Å². The maximum absolute atomic E-state index is 10.8. The van der Waals surface area contributed by atoms with E-state index in [9.17, 15) is 4.79 Å². The molecule has 1 saturated heterocycles. The summed E-state index contributed by atoms with van der Waals surface area (Å²) in [6, 6.07) is 0.430. The van der Waals surface area contributed by atoms with Gasteiger partial charge in [0.15, 0.2) is 0 Å². The van der Waals surface area contributed by atoms with Crippen LogP contribution in [-0.2, 0) is 4.79 Å². The van der Waals surface area contributed by atoms with Crippen molar-refractivity contribution in [3.05, 3.63) is 0 Å². The maximum Gasteiger partial charge on any atom is 0.317 e. The van der Waals surface area contributed by atoms with Crippen LogP contribution in [0.25, 0.3) is 0 Å². The number of hydrogen-bond donors (Lipinski definition) is 1. The monoisotopic (exact) mass is 214 g/mol. The highest BCUT2D eigenvalue weighted by molar-refractivity contribution is 5.69. The van der Waals surface area contributed by atoms with Crippen molar-refractivity contribution >= 4 is 5.97 Å². The van der Waals surface area contributed by atoms with Crippen molar-refractivity contribution in [3.63, 3.8) is 0 Å². The van der Waals surface area contributed by atoms with E-state index >= 15 is 0 Å². The summed E-state index contributed by atoms with van der Waals surface area (Å²) in [4.78, 5) is 15.2. The van der Waals surface area contributed by atoms with E-state index in [1.807, 2.05) is 0 Å². The van der Waals surface area contributed by atoms with Crippen LogP contribution in [0.4, 0.5) is 0 Å². The standard InChI is InChI=1S/C11H22N2O2/c1-3-6-13(9-11(14)15)10-5-4-7-12(2)8-10/h10H,3-9H2,1-2H3,(H,14,15). The van der Waals surface area contributed by atoms with Gasteiger partial charge in [-0.1, -0.05) is 6.92 Å². The average molecular weight is 214 g/mol. The Hall–Kier alpha value is -0.610. The minimum Gasteiger partial charge on any atom is -0.480 e. The molecule has 88 valence electrons. The zero-order valence-electron chi connectivity index (χ0n) is 9.78. The van der Waals surface area contributed by atoms with Gasteiger partial charge in [-0.05, 0) is 39.4 Å². The lowest BCUT2D eigenvalue weighted by Crippen LogP contribution is -2.48. The van der Waals surface area contributed by atoms with Crippen molar-refractivity contribution in [3.8, 4) is 0 Å². The number of likely N-dealkylation sites (N-methyl/N-ethyl adjacent to an activating group) is 1. The first kappa shape index (κ1) is 12.5. The first-order valence-corrected chi connectivity index (χ1v) is 5.78. The molecule has 1 atom stereocenters. The molecule has 0 aromatic heterocycles. The van der Waals surface area contributed by atoms with E-state index in [0.29, 0.717) is 6.04 Å². The Balaban J connectivity index is 2.49. The summed E-state index contributed by atoms with van der Waals surface area (Å²) in [5.41, 5.74) is 0. The Kier molecular flexibility index (Phi) is 5.05. The average Bonchev–Trinajstić information content (AvgIpc) is 2.16. The molecule has 1 N–H and O–H groups in total. The van der Waals surface area contributed by atoms with Gasteiger partial charge in [-0.3, -0.25) is 9.69 Å². The Morgan fingerprint density at radius 2 is 2.33 bits per heavy atom. The van der Waals surface area contributed by atoms with Crippen LogP contribution in [0.1, 0.15) is 26.2 Å². The molecule has 0 aromatic carbocycles. The zero-order chi connectivity index (χ0) is 11.3. The van der Waals surface area contributed by atoms with Crippen molar-refractivity contribution < 1.29 is 9.90 Å². The number of likely N-dealkylation sites (tertiary alicyclic amines) is 1. The van der Waals surface area contributed by atoms with E-state index in [4.69, 9.17) is 5.11 Å². The summed E-state index contributed by atoms with van der Waals surface area (Å²) in [5, 5.41) is 8.85. The van der Waals surface area contributed by atoms with Crippen LogP contribution in [-0.4, -0.2) is 60.1 Å². The summed E-state index contributed by atoms with van der Waals surface area (Å²) in [7, 11) is 2.11. The molecule has 1 rings (SSSR count). The molecular formula is C11H22N2O2. The molecule has 1 heterocycles. The molecule has 1 unspecified atom stereocenters. The first-order chi connectivity index (χ1) is 7.13. The zero-order valence-corrected chi connectivity index (χ0v) is 9.78. The van der Waals surface area contributed by atoms with Gasteiger partial charge in [-0.25, -0.2) is 0 Å². The fraction of sp³-hybridized carbons (Fsp3) is 0.909. The van der Waals surface area contributed by atoms with Gasteiger partial charge in [0.25, 0.3) is 0 Å². The van der Waals surface area contributed by atoms with Crippen LogP contribution in [0.2, 0.25) is 0 Å². The number of carboxylic acids is 1. The second-order valence-corrected chi connectivity index (χ2v) is 4.42. The predicted octanol–water partition coefficient (Wildman–Crippen LogP) is 0.877. The molecule has 0 aromatic rings. The van der Waals surface area contributed by atoms with Gasteiger partial charge in [0, 0.05) is 12.6 Å². The van der Waals surface area contributed by atoms with Gasteiger partial charge in [0.05, 0.1) is 6.54 Å². The van der Waals surface area contributed by atoms with E-state index in [1.54, 1.807) is 0 Å². The normalized spacial score (nSPS) is 23.3. The number of piperidine rings is 1. The van der Waals surface area contributed by atoms with Gasteiger partial charge in [-0.2, -0.15) is 0 Å². The van der Waals surface area contributed by atoms with Gasteiger partial charge in [0.2, 0.25) is 0 Å². The number of hydrogen-bond acceptors (Lipinski definition) is 3.